The molecule has 1 aromatic rings. The molecule has 0 radical (unpaired) electrons. The fraction of sp³-hybridized carbons (Fsp3) is 0.308. The van der Waals surface area contributed by atoms with Gasteiger partial charge in [0.1, 0.15) is 6.54 Å². The van der Waals surface area contributed by atoms with E-state index in [9.17, 15) is 14.4 Å². The summed E-state index contributed by atoms with van der Waals surface area (Å²) in [5.41, 5.74) is 0.605. The van der Waals surface area contributed by atoms with E-state index < -0.39 is 17.7 Å². The molecule has 0 bridgehead atoms. The zero-order valence-corrected chi connectivity index (χ0v) is 12.1. The van der Waals surface area contributed by atoms with Crippen LogP contribution in [0.3, 0.4) is 0 Å². The Morgan fingerprint density at radius 2 is 1.95 bits per heavy atom. The third-order valence-corrected chi connectivity index (χ3v) is 3.38. The van der Waals surface area contributed by atoms with Crippen LogP contribution in [0.4, 0.5) is 0 Å². The molecule has 0 aromatic heterocycles. The van der Waals surface area contributed by atoms with Gasteiger partial charge < -0.3 is 10.4 Å². The van der Waals surface area contributed by atoms with Gasteiger partial charge in [-0.3, -0.25) is 19.3 Å². The Bertz CT molecular complexity index is 573. The predicted molar refractivity (Wildman–Crippen MR) is 74.2 cm³/mol. The van der Waals surface area contributed by atoms with Gasteiger partial charge in [0.15, 0.2) is 0 Å². The van der Waals surface area contributed by atoms with Gasteiger partial charge in [0.25, 0.3) is 11.8 Å². The summed E-state index contributed by atoms with van der Waals surface area (Å²) >= 11 is 3.24. The Morgan fingerprint density at radius 3 is 2.65 bits per heavy atom. The molecule has 1 aromatic carbocycles. The number of benzene rings is 1. The summed E-state index contributed by atoms with van der Waals surface area (Å²) in [6.07, 6.45) is 0.431. The molecule has 0 unspecified atom stereocenters. The SMILES string of the molecule is O=C(CN1C(=O)c2ccc(Br)cc2C1=O)NCCCO. The van der Waals surface area contributed by atoms with Crippen LogP contribution in [-0.2, 0) is 4.79 Å². The lowest BCUT2D eigenvalue weighted by Gasteiger charge is -2.13. The van der Waals surface area contributed by atoms with Gasteiger partial charge in [0, 0.05) is 17.6 Å². The first kappa shape index (κ1) is 14.7. The summed E-state index contributed by atoms with van der Waals surface area (Å²) < 4.78 is 0.701. The Hall–Kier alpha value is -1.73. The molecule has 0 saturated heterocycles. The molecule has 3 amide bonds. The van der Waals surface area contributed by atoms with Crippen molar-refractivity contribution in [3.63, 3.8) is 0 Å². The Kier molecular flexibility index (Phi) is 4.51. The van der Waals surface area contributed by atoms with E-state index in [-0.39, 0.29) is 13.2 Å². The number of aliphatic hydroxyl groups excluding tert-OH is 1. The quantitative estimate of drug-likeness (QED) is 0.605. The van der Waals surface area contributed by atoms with E-state index in [1.54, 1.807) is 18.2 Å². The monoisotopic (exact) mass is 340 g/mol. The Labute approximate surface area is 123 Å². The molecule has 2 N–H and O–H groups in total. The number of fused-ring (bicyclic) bond motifs is 1. The van der Waals surface area contributed by atoms with E-state index in [4.69, 9.17) is 5.11 Å². The number of carbonyl (C=O) groups excluding carboxylic acids is 3. The minimum Gasteiger partial charge on any atom is -0.396 e. The number of hydrogen-bond donors (Lipinski definition) is 2. The van der Waals surface area contributed by atoms with Crippen LogP contribution in [-0.4, -0.2) is 47.4 Å². The van der Waals surface area contributed by atoms with Gasteiger partial charge in [-0.1, -0.05) is 15.9 Å². The maximum atomic E-state index is 12.1. The van der Waals surface area contributed by atoms with E-state index in [0.717, 1.165) is 4.90 Å². The van der Waals surface area contributed by atoms with Crippen molar-refractivity contribution in [1.82, 2.24) is 10.2 Å². The number of amides is 3. The molecule has 20 heavy (non-hydrogen) atoms. The largest absolute Gasteiger partial charge is 0.396 e. The molecule has 0 fully saturated rings. The summed E-state index contributed by atoms with van der Waals surface area (Å²) in [6, 6.07) is 4.80. The molecule has 6 nitrogen and oxygen atoms in total. The highest BCUT2D eigenvalue weighted by Gasteiger charge is 2.36. The van der Waals surface area contributed by atoms with Crippen LogP contribution in [0.5, 0.6) is 0 Å². The number of hydrogen-bond acceptors (Lipinski definition) is 4. The minimum atomic E-state index is -0.469. The Morgan fingerprint density at radius 1 is 1.25 bits per heavy atom. The van der Waals surface area contributed by atoms with Crippen LogP contribution in [0.2, 0.25) is 0 Å². The fourth-order valence-corrected chi connectivity index (χ4v) is 2.27. The lowest BCUT2D eigenvalue weighted by Crippen LogP contribution is -2.40. The molecule has 1 heterocycles. The van der Waals surface area contributed by atoms with Crippen LogP contribution >= 0.6 is 15.9 Å². The van der Waals surface area contributed by atoms with Crippen molar-refractivity contribution in [2.24, 2.45) is 0 Å². The van der Waals surface area contributed by atoms with E-state index in [1.165, 1.54) is 0 Å². The number of imide groups is 1. The molecule has 1 aliphatic rings. The minimum absolute atomic E-state index is 0.0265. The second-order valence-electron chi connectivity index (χ2n) is 4.31. The molecule has 0 aliphatic carbocycles. The summed E-state index contributed by atoms with van der Waals surface area (Å²) in [5, 5.41) is 11.2. The van der Waals surface area contributed by atoms with Crippen LogP contribution in [0.25, 0.3) is 0 Å². The molecule has 106 valence electrons. The topological polar surface area (TPSA) is 86.7 Å². The number of carbonyl (C=O) groups is 3. The average molecular weight is 341 g/mol. The first-order valence-electron chi connectivity index (χ1n) is 6.08. The molecule has 0 atom stereocenters. The van der Waals surface area contributed by atoms with Crippen molar-refractivity contribution in [3.05, 3.63) is 33.8 Å². The van der Waals surface area contributed by atoms with Gasteiger partial charge in [0.2, 0.25) is 5.91 Å². The summed E-state index contributed by atoms with van der Waals surface area (Å²) in [4.78, 5) is 36.7. The molecule has 2 rings (SSSR count). The molecular formula is C13H13BrN2O4. The third kappa shape index (κ3) is 2.88. The lowest BCUT2D eigenvalue weighted by molar-refractivity contribution is -0.121. The van der Waals surface area contributed by atoms with Crippen LogP contribution in [0.15, 0.2) is 22.7 Å². The van der Waals surface area contributed by atoms with Crippen molar-refractivity contribution in [3.8, 4) is 0 Å². The van der Waals surface area contributed by atoms with Gasteiger partial charge in [-0.05, 0) is 24.6 Å². The molecule has 0 spiro atoms. The van der Waals surface area contributed by atoms with E-state index in [1.807, 2.05) is 0 Å². The normalized spacial score (nSPS) is 13.6. The number of halogens is 1. The predicted octanol–water partition coefficient (Wildman–Crippen LogP) is 0.544. The van der Waals surface area contributed by atoms with Crippen LogP contribution < -0.4 is 5.32 Å². The van der Waals surface area contributed by atoms with E-state index in [2.05, 4.69) is 21.2 Å². The van der Waals surface area contributed by atoms with Gasteiger partial charge in [0.05, 0.1) is 11.1 Å². The number of nitrogens with zero attached hydrogens (tertiary/aromatic N) is 1. The van der Waals surface area contributed by atoms with E-state index >= 15 is 0 Å². The van der Waals surface area contributed by atoms with Crippen molar-refractivity contribution >= 4 is 33.7 Å². The van der Waals surface area contributed by atoms with Gasteiger partial charge >= 0.3 is 0 Å². The smallest absolute Gasteiger partial charge is 0.262 e. The highest BCUT2D eigenvalue weighted by Crippen LogP contribution is 2.25. The number of aliphatic hydroxyl groups is 1. The fourth-order valence-electron chi connectivity index (χ4n) is 1.91. The van der Waals surface area contributed by atoms with Crippen molar-refractivity contribution in [2.75, 3.05) is 19.7 Å². The highest BCUT2D eigenvalue weighted by molar-refractivity contribution is 9.10. The van der Waals surface area contributed by atoms with Crippen molar-refractivity contribution in [2.45, 2.75) is 6.42 Å². The van der Waals surface area contributed by atoms with Crippen molar-refractivity contribution in [1.29, 1.82) is 0 Å². The Balaban J connectivity index is 2.07. The lowest BCUT2D eigenvalue weighted by atomic mass is 10.1. The summed E-state index contributed by atoms with van der Waals surface area (Å²) in [6.45, 7) is -0.0270. The third-order valence-electron chi connectivity index (χ3n) is 2.89. The molecule has 1 aliphatic heterocycles. The van der Waals surface area contributed by atoms with E-state index in [0.29, 0.717) is 28.6 Å². The average Bonchev–Trinajstić information content (AvgIpc) is 2.64. The van der Waals surface area contributed by atoms with Gasteiger partial charge in [-0.2, -0.15) is 0 Å². The van der Waals surface area contributed by atoms with Crippen LogP contribution in [0, 0.1) is 0 Å². The van der Waals surface area contributed by atoms with Gasteiger partial charge in [-0.15, -0.1) is 0 Å². The standard InChI is InChI=1S/C13H13BrN2O4/c14-8-2-3-9-10(6-8)13(20)16(12(9)19)7-11(18)15-4-1-5-17/h2-3,6,17H,1,4-5,7H2,(H,15,18). The summed E-state index contributed by atoms with van der Waals surface area (Å²) in [7, 11) is 0. The number of nitrogens with one attached hydrogen (secondary N) is 1. The highest BCUT2D eigenvalue weighted by atomic mass is 79.9. The zero-order valence-electron chi connectivity index (χ0n) is 10.6. The van der Waals surface area contributed by atoms with Crippen LogP contribution in [0.1, 0.15) is 27.1 Å². The summed E-state index contributed by atoms with van der Waals surface area (Å²) in [5.74, 6) is -1.36. The molecular weight excluding hydrogens is 328 g/mol. The number of rotatable bonds is 5. The zero-order chi connectivity index (χ0) is 14.7. The second-order valence-corrected chi connectivity index (χ2v) is 5.23. The maximum absolute atomic E-state index is 12.1. The van der Waals surface area contributed by atoms with Crippen molar-refractivity contribution < 1.29 is 19.5 Å². The first-order valence-corrected chi connectivity index (χ1v) is 6.87. The molecule has 0 saturated carbocycles. The second kappa shape index (κ2) is 6.15. The first-order chi connectivity index (χ1) is 9.54. The van der Waals surface area contributed by atoms with Gasteiger partial charge in [-0.25, -0.2) is 0 Å². The molecule has 7 heteroatoms. The maximum Gasteiger partial charge on any atom is 0.262 e.